The number of halogens is 3. The summed E-state index contributed by atoms with van der Waals surface area (Å²) >= 11 is 22.4. The molecule has 0 saturated carbocycles. The number of rotatable bonds is 3. The maximum absolute atomic E-state index is 12.1. The van der Waals surface area contributed by atoms with Gasteiger partial charge in [0.25, 0.3) is 11.6 Å². The Balaban J connectivity index is 2.08. The van der Waals surface area contributed by atoms with Gasteiger partial charge >= 0.3 is 0 Å². The number of anilines is 1. The number of carbonyl (C=O) groups excluding carboxylic acids is 1. The van der Waals surface area contributed by atoms with Crippen molar-refractivity contribution in [2.75, 3.05) is 5.32 Å². The Labute approximate surface area is 156 Å². The van der Waals surface area contributed by atoms with Gasteiger partial charge in [-0.05, 0) is 42.5 Å². The van der Waals surface area contributed by atoms with E-state index in [-0.39, 0.29) is 21.4 Å². The lowest BCUT2D eigenvalue weighted by molar-refractivity contribution is -0.384. The van der Waals surface area contributed by atoms with Crippen LogP contribution in [0.1, 0.15) is 10.4 Å². The van der Waals surface area contributed by atoms with Crippen LogP contribution < -0.4 is 10.6 Å². The van der Waals surface area contributed by atoms with E-state index in [1.54, 1.807) is 12.1 Å². The van der Waals surface area contributed by atoms with E-state index >= 15 is 0 Å². The number of nitro groups is 1. The highest BCUT2D eigenvalue weighted by atomic mass is 35.5. The third kappa shape index (κ3) is 4.55. The van der Waals surface area contributed by atoms with Gasteiger partial charge in [-0.1, -0.05) is 34.8 Å². The second kappa shape index (κ2) is 7.76. The van der Waals surface area contributed by atoms with Gasteiger partial charge in [0.2, 0.25) is 0 Å². The quantitative estimate of drug-likeness (QED) is 0.441. The molecule has 0 fully saturated rings. The van der Waals surface area contributed by atoms with E-state index in [4.69, 9.17) is 47.0 Å². The molecule has 2 N–H and O–H groups in total. The molecule has 0 atom stereocenters. The Hall–Kier alpha value is -1.93. The van der Waals surface area contributed by atoms with E-state index in [0.29, 0.717) is 15.7 Å². The predicted octanol–water partition coefficient (Wildman–Crippen LogP) is 4.68. The van der Waals surface area contributed by atoms with Crippen molar-refractivity contribution in [1.29, 1.82) is 0 Å². The number of hydrogen-bond donors (Lipinski definition) is 2. The summed E-state index contributed by atoms with van der Waals surface area (Å²) in [6.07, 6.45) is 0. The smallest absolute Gasteiger partial charge is 0.288 e. The summed E-state index contributed by atoms with van der Waals surface area (Å²) in [5.41, 5.74) is 0.203. The molecule has 24 heavy (non-hydrogen) atoms. The molecule has 2 aromatic carbocycles. The number of hydrogen-bond acceptors (Lipinski definition) is 4. The lowest BCUT2D eigenvalue weighted by Gasteiger charge is -2.10. The summed E-state index contributed by atoms with van der Waals surface area (Å²) < 4.78 is 0. The highest BCUT2D eigenvalue weighted by molar-refractivity contribution is 7.80. The molecule has 2 aromatic rings. The molecule has 0 aliphatic heterocycles. The number of thiocarbonyl (C=S) groups is 1. The first-order valence-electron chi connectivity index (χ1n) is 6.29. The maximum atomic E-state index is 12.1. The zero-order valence-corrected chi connectivity index (χ0v) is 14.8. The van der Waals surface area contributed by atoms with E-state index in [9.17, 15) is 14.9 Å². The SMILES string of the molecule is O=C(NC(=S)Nc1ccc(Cl)c(Cl)c1)c1ccc(Cl)c([N+](=O)[O-])c1. The summed E-state index contributed by atoms with van der Waals surface area (Å²) in [5, 5.41) is 16.6. The summed E-state index contributed by atoms with van der Waals surface area (Å²) in [5.74, 6) is -0.618. The molecule has 0 bridgehead atoms. The molecule has 0 radical (unpaired) electrons. The standard InChI is InChI=1S/C14H8Cl3N3O3S/c15-9-4-2-8(6-11(9)17)18-14(24)19-13(21)7-1-3-10(16)12(5-7)20(22)23/h1-6H,(H2,18,19,21,24). The summed E-state index contributed by atoms with van der Waals surface area (Å²) in [6, 6.07) is 8.42. The van der Waals surface area contributed by atoms with Crippen molar-refractivity contribution in [3.63, 3.8) is 0 Å². The number of nitro benzene ring substituents is 1. The molecule has 2 rings (SSSR count). The van der Waals surface area contributed by atoms with Crippen LogP contribution in [0.3, 0.4) is 0 Å². The number of benzene rings is 2. The van der Waals surface area contributed by atoms with Gasteiger partial charge in [0, 0.05) is 17.3 Å². The topological polar surface area (TPSA) is 84.3 Å². The first-order valence-corrected chi connectivity index (χ1v) is 7.83. The van der Waals surface area contributed by atoms with Crippen LogP contribution in [0.2, 0.25) is 15.1 Å². The molecule has 0 saturated heterocycles. The predicted molar refractivity (Wildman–Crippen MR) is 98.3 cm³/mol. The molecule has 6 nitrogen and oxygen atoms in total. The molecule has 10 heteroatoms. The number of carbonyl (C=O) groups is 1. The highest BCUT2D eigenvalue weighted by Crippen LogP contribution is 2.26. The molecular weight excluding hydrogens is 397 g/mol. The summed E-state index contributed by atoms with van der Waals surface area (Å²) in [7, 11) is 0. The Morgan fingerprint density at radius 3 is 2.33 bits per heavy atom. The Bertz CT molecular complexity index is 845. The normalized spacial score (nSPS) is 10.1. The van der Waals surface area contributed by atoms with E-state index in [1.807, 2.05) is 0 Å². The van der Waals surface area contributed by atoms with E-state index < -0.39 is 10.8 Å². The highest BCUT2D eigenvalue weighted by Gasteiger charge is 2.17. The largest absolute Gasteiger partial charge is 0.332 e. The van der Waals surface area contributed by atoms with Gasteiger partial charge in [0.1, 0.15) is 5.02 Å². The van der Waals surface area contributed by atoms with E-state index in [1.165, 1.54) is 18.2 Å². The summed E-state index contributed by atoms with van der Waals surface area (Å²) in [6.45, 7) is 0. The molecule has 0 unspecified atom stereocenters. The Morgan fingerprint density at radius 2 is 1.71 bits per heavy atom. The lowest BCUT2D eigenvalue weighted by atomic mass is 10.2. The average molecular weight is 405 g/mol. The molecule has 1 amide bonds. The lowest BCUT2D eigenvalue weighted by Crippen LogP contribution is -2.34. The van der Waals surface area contributed by atoms with Crippen molar-refractivity contribution in [3.8, 4) is 0 Å². The van der Waals surface area contributed by atoms with Gasteiger partial charge in [0.05, 0.1) is 15.0 Å². The van der Waals surface area contributed by atoms with Gasteiger partial charge < -0.3 is 5.32 Å². The minimum Gasteiger partial charge on any atom is -0.332 e. The zero-order chi connectivity index (χ0) is 17.9. The maximum Gasteiger partial charge on any atom is 0.288 e. The number of nitrogens with zero attached hydrogens (tertiary/aromatic N) is 1. The van der Waals surface area contributed by atoms with Crippen molar-refractivity contribution < 1.29 is 9.72 Å². The molecule has 0 aliphatic rings. The first kappa shape index (κ1) is 18.4. The van der Waals surface area contributed by atoms with Crippen LogP contribution in [-0.4, -0.2) is 15.9 Å². The van der Waals surface area contributed by atoms with Crippen molar-refractivity contribution >= 4 is 69.4 Å². The van der Waals surface area contributed by atoms with Crippen LogP contribution in [-0.2, 0) is 0 Å². The monoisotopic (exact) mass is 403 g/mol. The fraction of sp³-hybridized carbons (Fsp3) is 0. The third-order valence-corrected chi connectivity index (χ3v) is 4.07. The second-order valence-electron chi connectivity index (χ2n) is 4.46. The van der Waals surface area contributed by atoms with Gasteiger partial charge in [-0.2, -0.15) is 0 Å². The van der Waals surface area contributed by atoms with Crippen LogP contribution in [0.15, 0.2) is 36.4 Å². The van der Waals surface area contributed by atoms with E-state index in [2.05, 4.69) is 10.6 Å². The van der Waals surface area contributed by atoms with Crippen LogP contribution in [0, 0.1) is 10.1 Å². The number of nitrogens with one attached hydrogen (secondary N) is 2. The molecular formula is C14H8Cl3N3O3S. The van der Waals surface area contributed by atoms with Crippen LogP contribution in [0.25, 0.3) is 0 Å². The summed E-state index contributed by atoms with van der Waals surface area (Å²) in [4.78, 5) is 22.3. The molecule has 0 aliphatic carbocycles. The minimum absolute atomic E-state index is 0.00371. The number of amides is 1. The Morgan fingerprint density at radius 1 is 1.04 bits per heavy atom. The Kier molecular flexibility index (Phi) is 5.95. The average Bonchev–Trinajstić information content (AvgIpc) is 2.51. The van der Waals surface area contributed by atoms with Crippen molar-refractivity contribution in [2.45, 2.75) is 0 Å². The van der Waals surface area contributed by atoms with Gasteiger partial charge in [-0.25, -0.2) is 0 Å². The van der Waals surface area contributed by atoms with Crippen molar-refractivity contribution in [3.05, 3.63) is 67.1 Å². The molecule has 0 aromatic heterocycles. The second-order valence-corrected chi connectivity index (χ2v) is 6.09. The van der Waals surface area contributed by atoms with E-state index in [0.717, 1.165) is 6.07 Å². The fourth-order valence-electron chi connectivity index (χ4n) is 1.71. The first-order chi connectivity index (χ1) is 11.3. The van der Waals surface area contributed by atoms with Crippen LogP contribution in [0.4, 0.5) is 11.4 Å². The van der Waals surface area contributed by atoms with Crippen LogP contribution in [0.5, 0.6) is 0 Å². The molecule has 0 heterocycles. The van der Waals surface area contributed by atoms with Gasteiger partial charge in [0.15, 0.2) is 5.11 Å². The molecule has 0 spiro atoms. The van der Waals surface area contributed by atoms with Gasteiger partial charge in [-0.3, -0.25) is 20.2 Å². The van der Waals surface area contributed by atoms with Crippen LogP contribution >= 0.6 is 47.0 Å². The molecule has 124 valence electrons. The van der Waals surface area contributed by atoms with Crippen molar-refractivity contribution in [1.82, 2.24) is 5.32 Å². The zero-order valence-electron chi connectivity index (χ0n) is 11.7. The van der Waals surface area contributed by atoms with Gasteiger partial charge in [-0.15, -0.1) is 0 Å². The van der Waals surface area contributed by atoms with Crippen molar-refractivity contribution in [2.24, 2.45) is 0 Å². The third-order valence-electron chi connectivity index (χ3n) is 2.81. The minimum atomic E-state index is -0.675. The fourth-order valence-corrected chi connectivity index (χ4v) is 2.40.